The molecule has 4 aromatic rings. The molecule has 1 atom stereocenters. The van der Waals surface area contributed by atoms with E-state index in [9.17, 15) is 23.1 Å². The highest BCUT2D eigenvalue weighted by atomic mass is 32.2. The maximum atomic E-state index is 14.5. The van der Waals surface area contributed by atoms with Crippen LogP contribution in [-0.4, -0.2) is 35.5 Å². The summed E-state index contributed by atoms with van der Waals surface area (Å²) in [5.74, 6) is -2.10. The number of carboxylic acids is 1. The maximum absolute atomic E-state index is 14.5. The molecule has 4 nitrogen and oxygen atoms in total. The zero-order valence-electron chi connectivity index (χ0n) is 20.3. The Morgan fingerprint density at radius 3 is 1.66 bits per heavy atom. The summed E-state index contributed by atoms with van der Waals surface area (Å²) in [7, 11) is 0. The summed E-state index contributed by atoms with van der Waals surface area (Å²) < 4.78 is 46.0. The van der Waals surface area contributed by atoms with E-state index >= 15 is 0 Å². The van der Waals surface area contributed by atoms with Crippen LogP contribution in [0.4, 0.5) is 13.2 Å². The Balaban J connectivity index is 1.60. The van der Waals surface area contributed by atoms with Gasteiger partial charge in [0.25, 0.3) is 0 Å². The summed E-state index contributed by atoms with van der Waals surface area (Å²) in [6.45, 7) is -1.04. The fourth-order valence-corrected chi connectivity index (χ4v) is 5.73. The quantitative estimate of drug-likeness (QED) is 0.200. The summed E-state index contributed by atoms with van der Waals surface area (Å²) in [5.41, 5.74) is 2.78. The van der Waals surface area contributed by atoms with Gasteiger partial charge in [-0.25, -0.2) is 4.39 Å². The molecule has 38 heavy (non-hydrogen) atoms. The molecule has 4 aromatic carbocycles. The van der Waals surface area contributed by atoms with Gasteiger partial charge < -0.3 is 9.84 Å². The van der Waals surface area contributed by atoms with Gasteiger partial charge in [-0.1, -0.05) is 91.0 Å². The minimum Gasteiger partial charge on any atom is -0.480 e. The second-order valence-electron chi connectivity index (χ2n) is 8.56. The molecule has 0 amide bonds. The molecule has 2 N–H and O–H groups in total. The summed E-state index contributed by atoms with van der Waals surface area (Å²) in [6.07, 6.45) is -3.72. The monoisotopic (exact) mass is 537 g/mol. The van der Waals surface area contributed by atoms with E-state index in [0.29, 0.717) is 0 Å². The van der Waals surface area contributed by atoms with Crippen LogP contribution < -0.4 is 10.1 Å². The molecule has 0 fully saturated rings. The average Bonchev–Trinajstić information content (AvgIpc) is 2.93. The lowest BCUT2D eigenvalue weighted by Crippen LogP contribution is -2.47. The second-order valence-corrected chi connectivity index (χ2v) is 9.79. The summed E-state index contributed by atoms with van der Waals surface area (Å²) in [6, 6.07) is 31.9. The van der Waals surface area contributed by atoms with Gasteiger partial charge in [-0.15, -0.1) is 11.8 Å². The highest BCUT2D eigenvalue weighted by Gasteiger charge is 2.39. The first-order chi connectivity index (χ1) is 18.3. The Hall–Kier alpha value is -3.75. The molecule has 196 valence electrons. The number of carbonyl (C=O) groups is 1. The van der Waals surface area contributed by atoms with Crippen molar-refractivity contribution in [2.45, 2.75) is 16.9 Å². The summed E-state index contributed by atoms with van der Waals surface area (Å²) in [5, 5.41) is 12.3. The Kier molecular flexibility index (Phi) is 8.76. The van der Waals surface area contributed by atoms with Gasteiger partial charge in [0.05, 0.1) is 4.75 Å². The van der Waals surface area contributed by atoms with E-state index in [4.69, 9.17) is 0 Å². The SMILES string of the molecule is O=C(O)C(CSC(c1ccccc1)(c1ccccc1)c1ccccc1)NCC(F)(F)Oc1ccc(F)cc1. The molecular weight excluding hydrogens is 511 g/mol. The standard InChI is InChI=1S/C30H26F3NO3S/c31-25-16-18-26(19-17-25)37-29(32,33)21-34-27(28(35)36)20-38-30(22-10-4-1-5-11-22,23-12-6-2-7-13-23)24-14-8-3-9-15-24/h1-19,27,34H,20-21H2,(H,35,36). The zero-order valence-corrected chi connectivity index (χ0v) is 21.1. The Labute approximate surface area is 223 Å². The number of ether oxygens (including phenoxy) is 1. The molecule has 0 aliphatic carbocycles. The zero-order chi connectivity index (χ0) is 27.0. The van der Waals surface area contributed by atoms with Crippen molar-refractivity contribution in [2.24, 2.45) is 0 Å². The largest absolute Gasteiger partial charge is 0.480 e. The van der Waals surface area contributed by atoms with E-state index in [1.165, 1.54) is 11.8 Å². The first-order valence-electron chi connectivity index (χ1n) is 11.9. The minimum atomic E-state index is -3.72. The number of halogens is 3. The van der Waals surface area contributed by atoms with Crippen molar-refractivity contribution in [1.29, 1.82) is 0 Å². The molecule has 0 saturated carbocycles. The van der Waals surface area contributed by atoms with Crippen molar-refractivity contribution in [1.82, 2.24) is 5.32 Å². The molecule has 0 heterocycles. The number of nitrogens with one attached hydrogen (secondary N) is 1. The van der Waals surface area contributed by atoms with E-state index in [1.54, 1.807) is 0 Å². The van der Waals surface area contributed by atoms with Crippen LogP contribution in [0.2, 0.25) is 0 Å². The van der Waals surface area contributed by atoms with Gasteiger partial charge in [0.1, 0.15) is 24.2 Å². The molecule has 0 aliphatic rings. The van der Waals surface area contributed by atoms with Crippen LogP contribution in [0.3, 0.4) is 0 Å². The van der Waals surface area contributed by atoms with Crippen LogP contribution in [0.25, 0.3) is 0 Å². The predicted molar refractivity (Wildman–Crippen MR) is 143 cm³/mol. The average molecular weight is 538 g/mol. The predicted octanol–water partition coefficient (Wildman–Crippen LogP) is 6.57. The Morgan fingerprint density at radius 2 is 1.24 bits per heavy atom. The molecule has 0 radical (unpaired) electrons. The molecule has 8 heteroatoms. The lowest BCUT2D eigenvalue weighted by Gasteiger charge is -2.36. The van der Waals surface area contributed by atoms with Crippen LogP contribution in [0.1, 0.15) is 16.7 Å². The van der Waals surface area contributed by atoms with Crippen LogP contribution >= 0.6 is 11.8 Å². The smallest absolute Gasteiger partial charge is 0.410 e. The van der Waals surface area contributed by atoms with Gasteiger partial charge in [-0.2, -0.15) is 8.78 Å². The molecule has 0 aliphatic heterocycles. The van der Waals surface area contributed by atoms with Crippen molar-refractivity contribution < 1.29 is 27.8 Å². The number of hydrogen-bond donors (Lipinski definition) is 2. The number of aliphatic carboxylic acids is 1. The Morgan fingerprint density at radius 1 is 0.789 bits per heavy atom. The summed E-state index contributed by atoms with van der Waals surface area (Å²) >= 11 is 1.35. The van der Waals surface area contributed by atoms with Crippen molar-refractivity contribution in [3.63, 3.8) is 0 Å². The van der Waals surface area contributed by atoms with Crippen LogP contribution in [0, 0.1) is 5.82 Å². The Bertz CT molecular complexity index is 1210. The molecule has 0 bridgehead atoms. The molecular formula is C30H26F3NO3S. The van der Waals surface area contributed by atoms with Crippen LogP contribution in [0.5, 0.6) is 5.75 Å². The first-order valence-corrected chi connectivity index (χ1v) is 12.9. The van der Waals surface area contributed by atoms with E-state index < -0.39 is 35.2 Å². The number of benzene rings is 4. The van der Waals surface area contributed by atoms with Crippen molar-refractivity contribution in [3.8, 4) is 5.75 Å². The van der Waals surface area contributed by atoms with Gasteiger partial charge in [0, 0.05) is 5.75 Å². The number of rotatable bonds is 12. The van der Waals surface area contributed by atoms with Crippen molar-refractivity contribution >= 4 is 17.7 Å². The third-order valence-electron chi connectivity index (χ3n) is 5.94. The number of alkyl halides is 2. The molecule has 0 aromatic heterocycles. The highest BCUT2D eigenvalue weighted by Crippen LogP contribution is 2.48. The fraction of sp³-hybridized carbons (Fsp3) is 0.167. The fourth-order valence-electron chi connectivity index (χ4n) is 4.15. The van der Waals surface area contributed by atoms with Gasteiger partial charge in [0.15, 0.2) is 0 Å². The maximum Gasteiger partial charge on any atom is 0.410 e. The minimum absolute atomic E-state index is 0.0271. The molecule has 1 unspecified atom stereocenters. The van der Waals surface area contributed by atoms with E-state index in [2.05, 4.69) is 10.1 Å². The highest BCUT2D eigenvalue weighted by molar-refractivity contribution is 8.00. The van der Waals surface area contributed by atoms with E-state index in [-0.39, 0.29) is 11.5 Å². The first kappa shape index (κ1) is 27.3. The normalized spacial score (nSPS) is 12.6. The van der Waals surface area contributed by atoms with Crippen LogP contribution in [0.15, 0.2) is 115 Å². The number of carboxylic acid groups (broad SMARTS) is 1. The second kappa shape index (κ2) is 12.2. The number of hydrogen-bond acceptors (Lipinski definition) is 4. The van der Waals surface area contributed by atoms with Gasteiger partial charge in [0.2, 0.25) is 0 Å². The topological polar surface area (TPSA) is 58.6 Å². The lowest BCUT2D eigenvalue weighted by molar-refractivity contribution is -0.173. The van der Waals surface area contributed by atoms with Crippen molar-refractivity contribution in [2.75, 3.05) is 12.3 Å². The van der Waals surface area contributed by atoms with E-state index in [1.807, 2.05) is 91.0 Å². The summed E-state index contributed by atoms with van der Waals surface area (Å²) in [4.78, 5) is 12.1. The van der Waals surface area contributed by atoms with Crippen molar-refractivity contribution in [3.05, 3.63) is 138 Å². The van der Waals surface area contributed by atoms with Gasteiger partial charge >= 0.3 is 12.1 Å². The van der Waals surface area contributed by atoms with Gasteiger partial charge in [-0.3, -0.25) is 10.1 Å². The number of thioether (sulfide) groups is 1. The van der Waals surface area contributed by atoms with E-state index in [0.717, 1.165) is 41.0 Å². The third kappa shape index (κ3) is 6.57. The molecule has 0 saturated heterocycles. The third-order valence-corrected chi connectivity index (χ3v) is 7.58. The van der Waals surface area contributed by atoms with Gasteiger partial charge in [-0.05, 0) is 41.0 Å². The van der Waals surface area contributed by atoms with Crippen LogP contribution in [-0.2, 0) is 9.54 Å². The lowest BCUT2D eigenvalue weighted by atomic mass is 9.84. The molecule has 4 rings (SSSR count). The molecule has 0 spiro atoms.